The maximum absolute atomic E-state index is 12.3. The lowest BCUT2D eigenvalue weighted by Crippen LogP contribution is -2.40. The van der Waals surface area contributed by atoms with Crippen molar-refractivity contribution >= 4 is 21.9 Å². The molecule has 0 aromatic heterocycles. The van der Waals surface area contributed by atoms with Crippen molar-refractivity contribution in [2.75, 3.05) is 18.8 Å². The minimum atomic E-state index is -3.49. The van der Waals surface area contributed by atoms with Crippen molar-refractivity contribution in [2.24, 2.45) is 11.1 Å². The van der Waals surface area contributed by atoms with Crippen LogP contribution in [0.4, 0.5) is 0 Å². The Bertz CT molecular complexity index is 661. The fourth-order valence-electron chi connectivity index (χ4n) is 2.57. The van der Waals surface area contributed by atoms with Gasteiger partial charge in [-0.2, -0.15) is 0 Å². The molecule has 1 aromatic carbocycles. The summed E-state index contributed by atoms with van der Waals surface area (Å²) in [4.78, 5) is 24.7. The van der Waals surface area contributed by atoms with E-state index in [0.29, 0.717) is 31.5 Å². The molecule has 7 nitrogen and oxygen atoms in total. The lowest BCUT2D eigenvalue weighted by atomic mass is 9.98. The first-order valence-corrected chi connectivity index (χ1v) is 8.61. The lowest BCUT2D eigenvalue weighted by Gasteiger charge is -2.31. The first-order chi connectivity index (χ1) is 10.3. The number of carboxylic acid groups (broad SMARTS) is 1. The molecule has 2 rings (SSSR count). The number of sulfonamides is 1. The highest BCUT2D eigenvalue weighted by molar-refractivity contribution is 7.89. The van der Waals surface area contributed by atoms with Crippen molar-refractivity contribution in [3.05, 3.63) is 35.4 Å². The summed E-state index contributed by atoms with van der Waals surface area (Å²) < 4.78 is 22.1. The van der Waals surface area contributed by atoms with Gasteiger partial charge in [-0.05, 0) is 43.0 Å². The number of hydrogen-bond donors (Lipinski definition) is 2. The van der Waals surface area contributed by atoms with E-state index in [1.165, 1.54) is 24.3 Å². The Morgan fingerprint density at radius 3 is 2.09 bits per heavy atom. The van der Waals surface area contributed by atoms with Crippen LogP contribution in [-0.2, 0) is 10.0 Å². The average Bonchev–Trinajstić information content (AvgIpc) is 2.46. The number of aromatic carboxylic acids is 1. The third-order valence-electron chi connectivity index (χ3n) is 3.75. The topological polar surface area (TPSA) is 118 Å². The third-order valence-corrected chi connectivity index (χ3v) is 4.68. The van der Waals surface area contributed by atoms with Crippen LogP contribution >= 0.6 is 0 Å². The molecule has 0 radical (unpaired) electrons. The largest absolute Gasteiger partial charge is 0.478 e. The monoisotopic (exact) mass is 326 g/mol. The number of nitrogens with zero attached hydrogens (tertiary/aromatic N) is 1. The van der Waals surface area contributed by atoms with Crippen LogP contribution < -0.4 is 5.14 Å². The Kier molecular flexibility index (Phi) is 4.82. The predicted octanol–water partition coefficient (Wildman–Crippen LogP) is 0.526. The van der Waals surface area contributed by atoms with Crippen LogP contribution in [0.25, 0.3) is 0 Å². The number of likely N-dealkylation sites (tertiary alicyclic amines) is 1. The molecule has 0 atom stereocenters. The molecule has 1 fully saturated rings. The number of primary sulfonamides is 1. The number of nitrogens with two attached hydrogens (primary N) is 1. The van der Waals surface area contributed by atoms with Gasteiger partial charge >= 0.3 is 5.97 Å². The van der Waals surface area contributed by atoms with Gasteiger partial charge in [0.15, 0.2) is 0 Å². The fourth-order valence-corrected chi connectivity index (χ4v) is 3.56. The van der Waals surface area contributed by atoms with Crippen molar-refractivity contribution in [2.45, 2.75) is 12.8 Å². The highest BCUT2D eigenvalue weighted by Crippen LogP contribution is 2.20. The summed E-state index contributed by atoms with van der Waals surface area (Å²) in [5.74, 6) is -1.29. The molecule has 0 spiro atoms. The molecule has 0 saturated carbocycles. The number of carbonyl (C=O) groups is 2. The van der Waals surface area contributed by atoms with E-state index >= 15 is 0 Å². The molecule has 8 heteroatoms. The number of carboxylic acids is 1. The quantitative estimate of drug-likeness (QED) is 0.836. The van der Waals surface area contributed by atoms with Crippen LogP contribution in [0.1, 0.15) is 33.6 Å². The standard InChI is InChI=1S/C14H18N2O5S/c15-22(20,21)9-10-5-7-16(8-6-10)13(17)11-1-3-12(4-2-11)14(18)19/h1-4,10H,5-9H2,(H,18,19)(H2,15,20,21). The summed E-state index contributed by atoms with van der Waals surface area (Å²) in [6, 6.07) is 5.76. The number of hydrogen-bond acceptors (Lipinski definition) is 4. The summed E-state index contributed by atoms with van der Waals surface area (Å²) in [6.45, 7) is 0.944. The molecular weight excluding hydrogens is 308 g/mol. The molecule has 0 aliphatic carbocycles. The van der Waals surface area contributed by atoms with Gasteiger partial charge < -0.3 is 10.0 Å². The van der Waals surface area contributed by atoms with Gasteiger partial charge in [0.05, 0.1) is 11.3 Å². The van der Waals surface area contributed by atoms with Gasteiger partial charge in [-0.3, -0.25) is 4.79 Å². The van der Waals surface area contributed by atoms with E-state index in [2.05, 4.69) is 0 Å². The lowest BCUT2D eigenvalue weighted by molar-refractivity contribution is 0.0683. The second-order valence-electron chi connectivity index (χ2n) is 5.45. The summed E-state index contributed by atoms with van der Waals surface area (Å²) in [7, 11) is -3.49. The van der Waals surface area contributed by atoms with E-state index in [-0.39, 0.29) is 23.1 Å². The molecule has 3 N–H and O–H groups in total. The van der Waals surface area contributed by atoms with Crippen LogP contribution in [0, 0.1) is 5.92 Å². The minimum absolute atomic E-state index is 0.0200. The summed E-state index contributed by atoms with van der Waals surface area (Å²) >= 11 is 0. The Hall–Kier alpha value is -1.93. The highest BCUT2D eigenvalue weighted by atomic mass is 32.2. The minimum Gasteiger partial charge on any atom is -0.478 e. The van der Waals surface area contributed by atoms with Gasteiger partial charge in [-0.25, -0.2) is 18.4 Å². The zero-order valence-corrected chi connectivity index (χ0v) is 12.8. The number of amides is 1. The van der Waals surface area contributed by atoms with Gasteiger partial charge in [0, 0.05) is 18.7 Å². The molecular formula is C14H18N2O5S. The van der Waals surface area contributed by atoms with E-state index in [9.17, 15) is 18.0 Å². The molecule has 1 aliphatic rings. The second-order valence-corrected chi connectivity index (χ2v) is 7.11. The van der Waals surface area contributed by atoms with E-state index in [4.69, 9.17) is 10.2 Å². The fraction of sp³-hybridized carbons (Fsp3) is 0.429. The number of piperidine rings is 1. The number of rotatable bonds is 4. The summed E-state index contributed by atoms with van der Waals surface area (Å²) in [6.07, 6.45) is 1.19. The number of carbonyl (C=O) groups excluding carboxylic acids is 1. The van der Waals surface area contributed by atoms with Crippen molar-refractivity contribution in [1.29, 1.82) is 0 Å². The third kappa shape index (κ3) is 4.28. The van der Waals surface area contributed by atoms with E-state index < -0.39 is 16.0 Å². The maximum atomic E-state index is 12.3. The van der Waals surface area contributed by atoms with Crippen LogP contribution in [0.15, 0.2) is 24.3 Å². The molecule has 1 saturated heterocycles. The SMILES string of the molecule is NS(=O)(=O)CC1CCN(C(=O)c2ccc(C(=O)O)cc2)CC1. The predicted molar refractivity (Wildman–Crippen MR) is 80.0 cm³/mol. The van der Waals surface area contributed by atoms with Gasteiger partial charge in [-0.1, -0.05) is 0 Å². The average molecular weight is 326 g/mol. The zero-order chi connectivity index (χ0) is 16.3. The smallest absolute Gasteiger partial charge is 0.335 e. The van der Waals surface area contributed by atoms with Crippen LogP contribution in [-0.4, -0.2) is 49.1 Å². The first kappa shape index (κ1) is 16.4. The van der Waals surface area contributed by atoms with Gasteiger partial charge in [0.2, 0.25) is 10.0 Å². The number of benzene rings is 1. The molecule has 0 bridgehead atoms. The first-order valence-electron chi connectivity index (χ1n) is 6.89. The van der Waals surface area contributed by atoms with E-state index in [0.717, 1.165) is 0 Å². The Morgan fingerprint density at radius 1 is 1.14 bits per heavy atom. The zero-order valence-electron chi connectivity index (χ0n) is 11.9. The Labute approximate surface area is 128 Å². The summed E-state index contributed by atoms with van der Waals surface area (Å²) in [5, 5.41) is 13.9. The molecule has 1 aromatic rings. The molecule has 1 aliphatic heterocycles. The summed E-state index contributed by atoms with van der Waals surface area (Å²) in [5.41, 5.74) is 0.554. The Balaban J connectivity index is 1.96. The van der Waals surface area contributed by atoms with Crippen LogP contribution in [0.3, 0.4) is 0 Å². The van der Waals surface area contributed by atoms with Crippen molar-refractivity contribution < 1.29 is 23.1 Å². The molecule has 22 heavy (non-hydrogen) atoms. The Morgan fingerprint density at radius 2 is 1.64 bits per heavy atom. The van der Waals surface area contributed by atoms with Crippen molar-refractivity contribution in [3.63, 3.8) is 0 Å². The van der Waals surface area contributed by atoms with E-state index in [1.807, 2.05) is 0 Å². The normalized spacial score (nSPS) is 16.5. The van der Waals surface area contributed by atoms with Gasteiger partial charge in [0.25, 0.3) is 5.91 Å². The molecule has 1 amide bonds. The highest BCUT2D eigenvalue weighted by Gasteiger charge is 2.26. The second kappa shape index (κ2) is 6.45. The molecule has 0 unspecified atom stereocenters. The molecule has 1 heterocycles. The maximum Gasteiger partial charge on any atom is 0.335 e. The van der Waals surface area contributed by atoms with Crippen molar-refractivity contribution in [3.8, 4) is 0 Å². The molecule has 120 valence electrons. The van der Waals surface area contributed by atoms with Crippen LogP contribution in [0.5, 0.6) is 0 Å². The van der Waals surface area contributed by atoms with E-state index in [1.54, 1.807) is 4.90 Å². The van der Waals surface area contributed by atoms with Crippen molar-refractivity contribution in [1.82, 2.24) is 4.90 Å². The van der Waals surface area contributed by atoms with Gasteiger partial charge in [0.1, 0.15) is 0 Å². The van der Waals surface area contributed by atoms with Gasteiger partial charge in [-0.15, -0.1) is 0 Å². The van der Waals surface area contributed by atoms with Crippen LogP contribution in [0.2, 0.25) is 0 Å².